The maximum Gasteiger partial charge on any atom is 0.248 e. The second-order valence-electron chi connectivity index (χ2n) is 8.18. The number of nitrogens with two attached hydrogens (primary N) is 1. The summed E-state index contributed by atoms with van der Waals surface area (Å²) in [5, 5.41) is 12.9. The number of H-pyrrole nitrogens is 1. The monoisotopic (exact) mass is 415 g/mol. The van der Waals surface area contributed by atoms with Gasteiger partial charge in [0.1, 0.15) is 0 Å². The van der Waals surface area contributed by atoms with Gasteiger partial charge in [-0.2, -0.15) is 5.10 Å². The number of aromatic nitrogens is 2. The fraction of sp³-hybridized carbons (Fsp3) is 0.722. The third-order valence-corrected chi connectivity index (χ3v) is 6.07. The van der Waals surface area contributed by atoms with Gasteiger partial charge in [-0.1, -0.05) is 0 Å². The number of nitrogens with zero attached hydrogens (tertiary/aromatic N) is 3. The minimum atomic E-state index is -2.68. The third-order valence-electron chi connectivity index (χ3n) is 6.07. The van der Waals surface area contributed by atoms with E-state index in [2.05, 4.69) is 30.8 Å². The van der Waals surface area contributed by atoms with Crippen LogP contribution in [0.2, 0.25) is 0 Å². The predicted molar refractivity (Wildman–Crippen MR) is 99.7 cm³/mol. The highest BCUT2D eigenvalue weighted by Gasteiger charge is 2.49. The number of aliphatic imine (C=N–C) groups is 2. The van der Waals surface area contributed by atoms with Gasteiger partial charge in [-0.05, 0) is 31.7 Å². The predicted octanol–water partition coefficient (Wildman–Crippen LogP) is 2.83. The van der Waals surface area contributed by atoms with Crippen molar-refractivity contribution in [2.45, 2.75) is 74.9 Å². The van der Waals surface area contributed by atoms with Crippen LogP contribution in [-0.2, 0) is 5.66 Å². The van der Waals surface area contributed by atoms with Crippen LogP contribution in [0.1, 0.15) is 57.1 Å². The molecule has 11 heteroatoms. The lowest BCUT2D eigenvalue weighted by molar-refractivity contribution is -0.0568. The zero-order valence-corrected chi connectivity index (χ0v) is 15.9. The van der Waals surface area contributed by atoms with Gasteiger partial charge in [0.25, 0.3) is 0 Å². The van der Waals surface area contributed by atoms with Crippen LogP contribution in [0.3, 0.4) is 0 Å². The van der Waals surface area contributed by atoms with E-state index in [1.165, 1.54) is 0 Å². The average Bonchev–Trinajstić information content (AvgIpc) is 3.18. The van der Waals surface area contributed by atoms with E-state index in [1.54, 1.807) is 12.3 Å². The SMILES string of the molecule is NC1=NC(c2ccn[nH]2)(C2CCC(F)(F)CC2)NC(=NC2CCC(F)(F)CC2)N1. The Kier molecular flexibility index (Phi) is 4.94. The Labute approximate surface area is 165 Å². The van der Waals surface area contributed by atoms with Gasteiger partial charge in [-0.3, -0.25) is 10.4 Å². The number of halogens is 4. The highest BCUT2D eigenvalue weighted by molar-refractivity contribution is 6.00. The summed E-state index contributed by atoms with van der Waals surface area (Å²) in [4.78, 5) is 9.11. The second-order valence-corrected chi connectivity index (χ2v) is 8.18. The minimum absolute atomic E-state index is 0.0931. The summed E-state index contributed by atoms with van der Waals surface area (Å²) < 4.78 is 54.4. The number of hydrogen-bond acceptors (Lipinski definition) is 4. The summed E-state index contributed by atoms with van der Waals surface area (Å²) in [6.07, 6.45) is 1.71. The Morgan fingerprint density at radius 2 is 1.62 bits per heavy atom. The molecule has 0 aromatic carbocycles. The summed E-state index contributed by atoms with van der Waals surface area (Å²) in [5.74, 6) is -5.17. The highest BCUT2D eigenvalue weighted by Crippen LogP contribution is 2.45. The van der Waals surface area contributed by atoms with E-state index in [1.807, 2.05) is 0 Å². The highest BCUT2D eigenvalue weighted by atomic mass is 19.3. The molecule has 1 aromatic rings. The van der Waals surface area contributed by atoms with E-state index < -0.39 is 17.5 Å². The summed E-state index contributed by atoms with van der Waals surface area (Å²) in [6.45, 7) is 0. The molecule has 0 radical (unpaired) electrons. The third kappa shape index (κ3) is 4.18. The molecule has 1 atom stereocenters. The van der Waals surface area contributed by atoms with Gasteiger partial charge in [-0.25, -0.2) is 27.5 Å². The lowest BCUT2D eigenvalue weighted by Crippen LogP contribution is -2.62. The first-order chi connectivity index (χ1) is 13.7. The maximum atomic E-state index is 13.7. The smallest absolute Gasteiger partial charge is 0.248 e. The van der Waals surface area contributed by atoms with Crippen molar-refractivity contribution in [3.63, 3.8) is 0 Å². The minimum Gasteiger partial charge on any atom is -0.370 e. The summed E-state index contributed by atoms with van der Waals surface area (Å²) >= 11 is 0. The first kappa shape index (κ1) is 20.0. The zero-order valence-electron chi connectivity index (χ0n) is 15.9. The largest absolute Gasteiger partial charge is 0.370 e. The summed E-state index contributed by atoms with van der Waals surface area (Å²) in [6, 6.07) is 1.45. The molecule has 5 N–H and O–H groups in total. The van der Waals surface area contributed by atoms with Crippen LogP contribution in [-0.4, -0.2) is 40.0 Å². The molecule has 2 saturated carbocycles. The first-order valence-corrected chi connectivity index (χ1v) is 9.91. The first-order valence-electron chi connectivity index (χ1n) is 9.91. The Hall–Kier alpha value is -2.33. The van der Waals surface area contributed by atoms with Crippen LogP contribution in [0.25, 0.3) is 0 Å². The number of alkyl halides is 4. The van der Waals surface area contributed by atoms with Crippen LogP contribution in [0.5, 0.6) is 0 Å². The molecule has 0 spiro atoms. The van der Waals surface area contributed by atoms with E-state index >= 15 is 0 Å². The normalized spacial score (nSPS) is 31.7. The topological polar surface area (TPSA) is 103 Å². The zero-order chi connectivity index (χ0) is 20.7. The Morgan fingerprint density at radius 3 is 2.21 bits per heavy atom. The summed E-state index contributed by atoms with van der Waals surface area (Å²) in [7, 11) is 0. The molecule has 2 aliphatic carbocycles. The Morgan fingerprint density at radius 1 is 1.00 bits per heavy atom. The van der Waals surface area contributed by atoms with E-state index in [4.69, 9.17) is 5.73 Å². The quantitative estimate of drug-likeness (QED) is 0.570. The maximum absolute atomic E-state index is 13.7. The van der Waals surface area contributed by atoms with E-state index in [0.29, 0.717) is 11.7 Å². The van der Waals surface area contributed by atoms with Gasteiger partial charge in [-0.15, -0.1) is 0 Å². The number of hydrogen-bond donors (Lipinski definition) is 4. The van der Waals surface area contributed by atoms with Gasteiger partial charge in [0.2, 0.25) is 17.8 Å². The molecule has 4 rings (SSSR count). The molecule has 7 nitrogen and oxygen atoms in total. The molecule has 160 valence electrons. The van der Waals surface area contributed by atoms with Crippen LogP contribution in [0.15, 0.2) is 22.2 Å². The molecule has 2 heterocycles. The lowest BCUT2D eigenvalue weighted by Gasteiger charge is -2.44. The average molecular weight is 415 g/mol. The van der Waals surface area contributed by atoms with Crippen molar-refractivity contribution in [3.05, 3.63) is 18.0 Å². The second kappa shape index (κ2) is 7.17. The molecule has 1 aromatic heterocycles. The number of nitrogens with one attached hydrogen (secondary N) is 3. The lowest BCUT2D eigenvalue weighted by atomic mass is 9.76. The van der Waals surface area contributed by atoms with Gasteiger partial charge < -0.3 is 11.1 Å². The molecule has 1 unspecified atom stereocenters. The number of rotatable bonds is 3. The fourth-order valence-corrected chi connectivity index (χ4v) is 4.45. The van der Waals surface area contributed by atoms with Crippen molar-refractivity contribution in [3.8, 4) is 0 Å². The Bertz CT molecular complexity index is 772. The van der Waals surface area contributed by atoms with E-state index in [9.17, 15) is 17.6 Å². The molecule has 0 bridgehead atoms. The summed E-state index contributed by atoms with van der Waals surface area (Å²) in [5.41, 5.74) is 5.52. The van der Waals surface area contributed by atoms with Crippen molar-refractivity contribution < 1.29 is 17.6 Å². The fourth-order valence-electron chi connectivity index (χ4n) is 4.45. The van der Waals surface area contributed by atoms with Crippen molar-refractivity contribution in [2.24, 2.45) is 21.6 Å². The van der Waals surface area contributed by atoms with Gasteiger partial charge in [0.05, 0.1) is 11.7 Å². The van der Waals surface area contributed by atoms with Crippen molar-refractivity contribution in [1.29, 1.82) is 0 Å². The van der Waals surface area contributed by atoms with Crippen molar-refractivity contribution in [1.82, 2.24) is 20.8 Å². The van der Waals surface area contributed by atoms with Crippen molar-refractivity contribution >= 4 is 11.9 Å². The molecule has 0 saturated heterocycles. The molecule has 3 aliphatic rings. The van der Waals surface area contributed by atoms with Gasteiger partial charge in [0, 0.05) is 37.8 Å². The van der Waals surface area contributed by atoms with Crippen LogP contribution >= 0.6 is 0 Å². The van der Waals surface area contributed by atoms with E-state index in [-0.39, 0.29) is 69.3 Å². The van der Waals surface area contributed by atoms with Crippen LogP contribution in [0.4, 0.5) is 17.6 Å². The van der Waals surface area contributed by atoms with Crippen molar-refractivity contribution in [2.75, 3.05) is 0 Å². The molecule has 2 fully saturated rings. The van der Waals surface area contributed by atoms with E-state index in [0.717, 1.165) is 0 Å². The standard InChI is InChI=1S/C18H25F4N7/c19-16(20)6-1-11(2-7-16)18(13-5-10-24-29-13)27-14(23)26-15(28-18)25-12-3-8-17(21,22)9-4-12/h5,10-12H,1-4,6-9H2,(H,24,29)(H4,23,25,26,27,28). The number of guanidine groups is 2. The molecular weight excluding hydrogens is 390 g/mol. The molecular formula is C18H25F4N7. The Balaban J connectivity index is 1.61. The number of aromatic amines is 1. The molecule has 1 aliphatic heterocycles. The molecule has 0 amide bonds. The van der Waals surface area contributed by atoms with Gasteiger partial charge >= 0.3 is 0 Å². The van der Waals surface area contributed by atoms with Crippen LogP contribution in [0, 0.1) is 5.92 Å². The molecule has 29 heavy (non-hydrogen) atoms. The van der Waals surface area contributed by atoms with Crippen LogP contribution < -0.4 is 16.4 Å². The van der Waals surface area contributed by atoms with Gasteiger partial charge in [0.15, 0.2) is 11.6 Å².